The first-order chi connectivity index (χ1) is 7.70. The summed E-state index contributed by atoms with van der Waals surface area (Å²) in [4.78, 5) is 0. The number of nitrogens with two attached hydrogens (primary N) is 1. The van der Waals surface area contributed by atoms with E-state index in [2.05, 4.69) is 0 Å². The first-order valence-corrected chi connectivity index (χ1v) is 6.22. The summed E-state index contributed by atoms with van der Waals surface area (Å²) in [6, 6.07) is 4.78. The second-order valence-corrected chi connectivity index (χ2v) is 5.06. The molecule has 0 saturated heterocycles. The van der Waals surface area contributed by atoms with Crippen LogP contribution in [0.25, 0.3) is 0 Å². The highest BCUT2D eigenvalue weighted by atomic mass is 35.5. The van der Waals surface area contributed by atoms with E-state index >= 15 is 0 Å². The van der Waals surface area contributed by atoms with Crippen LogP contribution in [0.5, 0.6) is 0 Å². The van der Waals surface area contributed by atoms with E-state index in [9.17, 15) is 4.39 Å². The Bertz CT molecular complexity index is 367. The molecule has 0 bridgehead atoms. The van der Waals surface area contributed by atoms with Crippen molar-refractivity contribution >= 4 is 11.6 Å². The lowest BCUT2D eigenvalue weighted by Gasteiger charge is -2.18. The van der Waals surface area contributed by atoms with Gasteiger partial charge in [-0.25, -0.2) is 4.39 Å². The molecule has 2 unspecified atom stereocenters. The Morgan fingerprint density at radius 3 is 2.81 bits per heavy atom. The fourth-order valence-corrected chi connectivity index (χ4v) is 2.87. The van der Waals surface area contributed by atoms with Crippen molar-refractivity contribution < 1.29 is 4.39 Å². The van der Waals surface area contributed by atoms with E-state index in [-0.39, 0.29) is 5.82 Å². The van der Waals surface area contributed by atoms with Gasteiger partial charge in [0.25, 0.3) is 0 Å². The molecule has 1 aromatic rings. The highest BCUT2D eigenvalue weighted by molar-refractivity contribution is 6.30. The molecule has 2 rings (SSSR count). The van der Waals surface area contributed by atoms with E-state index in [0.29, 0.717) is 23.4 Å². The number of hydrogen-bond donors (Lipinski definition) is 1. The highest BCUT2D eigenvalue weighted by Gasteiger charge is 2.26. The van der Waals surface area contributed by atoms with Crippen molar-refractivity contribution in [1.82, 2.24) is 0 Å². The Morgan fingerprint density at radius 2 is 2.06 bits per heavy atom. The van der Waals surface area contributed by atoms with Crippen LogP contribution in [0.1, 0.15) is 24.8 Å². The normalized spacial score (nSPS) is 24.9. The van der Waals surface area contributed by atoms with E-state index in [0.717, 1.165) is 18.4 Å². The van der Waals surface area contributed by atoms with Crippen LogP contribution in [-0.2, 0) is 6.42 Å². The summed E-state index contributed by atoms with van der Waals surface area (Å²) in [7, 11) is 0. The van der Waals surface area contributed by atoms with Crippen LogP contribution >= 0.6 is 11.6 Å². The Balaban J connectivity index is 2.11. The van der Waals surface area contributed by atoms with Gasteiger partial charge in [-0.15, -0.1) is 0 Å². The summed E-state index contributed by atoms with van der Waals surface area (Å²) in [5.41, 5.74) is 6.46. The van der Waals surface area contributed by atoms with Gasteiger partial charge in [-0.3, -0.25) is 0 Å². The number of rotatable bonds is 3. The van der Waals surface area contributed by atoms with Gasteiger partial charge in [-0.2, -0.15) is 0 Å². The summed E-state index contributed by atoms with van der Waals surface area (Å²) >= 11 is 5.88. The molecule has 3 heteroatoms. The third-order valence-electron chi connectivity index (χ3n) is 3.61. The summed E-state index contributed by atoms with van der Waals surface area (Å²) in [6.45, 7) is 0.715. The van der Waals surface area contributed by atoms with E-state index in [1.165, 1.54) is 18.9 Å². The monoisotopic (exact) mass is 241 g/mol. The molecule has 88 valence electrons. The summed E-state index contributed by atoms with van der Waals surface area (Å²) in [5.74, 6) is 0.934. The summed E-state index contributed by atoms with van der Waals surface area (Å²) in [6.07, 6.45) is 4.33. The number of halogens is 2. The van der Waals surface area contributed by atoms with Crippen LogP contribution in [0.15, 0.2) is 18.2 Å². The highest BCUT2D eigenvalue weighted by Crippen LogP contribution is 2.34. The molecule has 0 amide bonds. The van der Waals surface area contributed by atoms with E-state index < -0.39 is 0 Å². The molecule has 1 nitrogen and oxygen atoms in total. The molecule has 0 radical (unpaired) electrons. The zero-order valence-corrected chi connectivity index (χ0v) is 10.0. The second-order valence-electron chi connectivity index (χ2n) is 4.63. The lowest BCUT2D eigenvalue weighted by atomic mass is 9.89. The van der Waals surface area contributed by atoms with Crippen molar-refractivity contribution in [3.63, 3.8) is 0 Å². The van der Waals surface area contributed by atoms with Gasteiger partial charge in [0.1, 0.15) is 5.82 Å². The molecule has 2 atom stereocenters. The smallest absolute Gasteiger partial charge is 0.126 e. The largest absolute Gasteiger partial charge is 0.330 e. The fraction of sp³-hybridized carbons (Fsp3) is 0.538. The van der Waals surface area contributed by atoms with Gasteiger partial charge in [0.2, 0.25) is 0 Å². The molecular weight excluding hydrogens is 225 g/mol. The minimum Gasteiger partial charge on any atom is -0.330 e. The first kappa shape index (κ1) is 11.9. The quantitative estimate of drug-likeness (QED) is 0.863. The molecule has 1 aliphatic carbocycles. The summed E-state index contributed by atoms with van der Waals surface area (Å²) in [5, 5.41) is 0.610. The molecular formula is C13H17ClFN. The third-order valence-corrected chi connectivity index (χ3v) is 3.84. The predicted molar refractivity (Wildman–Crippen MR) is 65.0 cm³/mol. The zero-order valence-electron chi connectivity index (χ0n) is 9.26. The van der Waals surface area contributed by atoms with Gasteiger partial charge >= 0.3 is 0 Å². The molecule has 0 aromatic heterocycles. The van der Waals surface area contributed by atoms with Crippen molar-refractivity contribution in [3.8, 4) is 0 Å². The Morgan fingerprint density at radius 1 is 1.31 bits per heavy atom. The standard InChI is InChI=1S/C13H17ClFN/c14-12-4-5-13(15)11(7-12)6-9-2-1-3-10(9)8-16/h4-5,7,9-10H,1-3,6,8,16H2. The molecule has 1 aromatic carbocycles. The minimum atomic E-state index is -0.146. The van der Waals surface area contributed by atoms with Crippen LogP contribution in [0, 0.1) is 17.7 Å². The van der Waals surface area contributed by atoms with Crippen LogP contribution in [0.3, 0.4) is 0 Å². The Labute approximate surface area is 101 Å². The third kappa shape index (κ3) is 2.55. The van der Waals surface area contributed by atoms with Crippen LogP contribution in [-0.4, -0.2) is 6.54 Å². The number of hydrogen-bond acceptors (Lipinski definition) is 1. The topological polar surface area (TPSA) is 26.0 Å². The van der Waals surface area contributed by atoms with E-state index in [1.807, 2.05) is 0 Å². The van der Waals surface area contributed by atoms with Gasteiger partial charge in [0.05, 0.1) is 0 Å². The molecule has 1 fully saturated rings. The SMILES string of the molecule is NCC1CCCC1Cc1cc(Cl)ccc1F. The molecule has 1 aliphatic rings. The van der Waals surface area contributed by atoms with Crippen molar-refractivity contribution in [2.45, 2.75) is 25.7 Å². The average Bonchev–Trinajstić information content (AvgIpc) is 2.71. The van der Waals surface area contributed by atoms with Crippen molar-refractivity contribution in [1.29, 1.82) is 0 Å². The van der Waals surface area contributed by atoms with Crippen molar-refractivity contribution in [2.24, 2.45) is 17.6 Å². The molecule has 0 aliphatic heterocycles. The lowest BCUT2D eigenvalue weighted by Crippen LogP contribution is -2.20. The van der Waals surface area contributed by atoms with Gasteiger partial charge in [-0.1, -0.05) is 18.0 Å². The molecule has 2 N–H and O–H groups in total. The zero-order chi connectivity index (χ0) is 11.5. The second kappa shape index (κ2) is 5.15. The maximum Gasteiger partial charge on any atom is 0.126 e. The average molecular weight is 242 g/mol. The van der Waals surface area contributed by atoms with Crippen LogP contribution in [0.2, 0.25) is 5.02 Å². The summed E-state index contributed by atoms with van der Waals surface area (Å²) < 4.78 is 13.6. The van der Waals surface area contributed by atoms with Crippen molar-refractivity contribution in [3.05, 3.63) is 34.6 Å². The molecule has 16 heavy (non-hydrogen) atoms. The van der Waals surface area contributed by atoms with Gasteiger partial charge in [0, 0.05) is 5.02 Å². The fourth-order valence-electron chi connectivity index (χ4n) is 2.67. The van der Waals surface area contributed by atoms with Gasteiger partial charge in [-0.05, 0) is 61.4 Å². The van der Waals surface area contributed by atoms with E-state index in [4.69, 9.17) is 17.3 Å². The van der Waals surface area contributed by atoms with Crippen LogP contribution in [0.4, 0.5) is 4.39 Å². The van der Waals surface area contributed by atoms with E-state index in [1.54, 1.807) is 12.1 Å². The Hall–Kier alpha value is -0.600. The van der Waals surface area contributed by atoms with Crippen LogP contribution < -0.4 is 5.73 Å². The first-order valence-electron chi connectivity index (χ1n) is 5.84. The maximum atomic E-state index is 13.6. The Kier molecular flexibility index (Phi) is 3.82. The number of benzene rings is 1. The predicted octanol–water partition coefficient (Wildman–Crippen LogP) is 3.40. The molecule has 0 spiro atoms. The van der Waals surface area contributed by atoms with Gasteiger partial charge in [0.15, 0.2) is 0 Å². The molecule has 0 heterocycles. The minimum absolute atomic E-state index is 0.146. The van der Waals surface area contributed by atoms with Crippen molar-refractivity contribution in [2.75, 3.05) is 6.54 Å². The lowest BCUT2D eigenvalue weighted by molar-refractivity contribution is 0.389. The molecule has 1 saturated carbocycles. The van der Waals surface area contributed by atoms with Gasteiger partial charge < -0.3 is 5.73 Å². The maximum absolute atomic E-state index is 13.6.